The molecule has 0 spiro atoms. The lowest BCUT2D eigenvalue weighted by atomic mass is 10.0. The van der Waals surface area contributed by atoms with Crippen LogP contribution in [0.25, 0.3) is 10.9 Å². The first kappa shape index (κ1) is 15.3. The summed E-state index contributed by atoms with van der Waals surface area (Å²) in [6.45, 7) is 7.89. The van der Waals surface area contributed by atoms with E-state index >= 15 is 0 Å². The van der Waals surface area contributed by atoms with Crippen molar-refractivity contribution in [2.24, 2.45) is 0 Å². The van der Waals surface area contributed by atoms with E-state index in [1.807, 2.05) is 39.8 Å². The number of carbonyl (C=O) groups is 1. The number of pyridine rings is 1. The molecule has 1 amide bonds. The van der Waals surface area contributed by atoms with E-state index in [9.17, 15) is 9.59 Å². The summed E-state index contributed by atoms with van der Waals surface area (Å²) in [5, 5.41) is 3.88. The van der Waals surface area contributed by atoms with Crippen LogP contribution in [0.2, 0.25) is 0 Å². The number of amides is 1. The smallest absolute Gasteiger partial charge is 0.251 e. The summed E-state index contributed by atoms with van der Waals surface area (Å²) in [4.78, 5) is 26.7. The number of hydrogen-bond acceptors (Lipinski definition) is 2. The van der Waals surface area contributed by atoms with Crippen molar-refractivity contribution in [3.63, 3.8) is 0 Å². The highest BCUT2D eigenvalue weighted by Crippen LogP contribution is 2.18. The van der Waals surface area contributed by atoms with Crippen LogP contribution < -0.4 is 10.9 Å². The number of aryl methyl sites for hydroxylation is 3. The lowest BCUT2D eigenvalue weighted by Gasteiger charge is -2.09. The summed E-state index contributed by atoms with van der Waals surface area (Å²) < 4.78 is 0. The summed E-state index contributed by atoms with van der Waals surface area (Å²) >= 11 is 0. The predicted molar refractivity (Wildman–Crippen MR) is 85.6 cm³/mol. The molecule has 0 radical (unpaired) electrons. The number of nitrogens with one attached hydrogen (secondary N) is 2. The maximum absolute atomic E-state index is 12.1. The maximum atomic E-state index is 12.1. The SMILES string of the molecule is Cc1cc(C)c2cc(CCC(=O)NC(C)C)c(=O)[nH]c2c1. The highest BCUT2D eigenvalue weighted by molar-refractivity contribution is 5.83. The topological polar surface area (TPSA) is 62.0 Å². The van der Waals surface area contributed by atoms with Gasteiger partial charge in [-0.2, -0.15) is 0 Å². The van der Waals surface area contributed by atoms with Gasteiger partial charge >= 0.3 is 0 Å². The van der Waals surface area contributed by atoms with Crippen LogP contribution >= 0.6 is 0 Å². The molecule has 0 saturated carbocycles. The van der Waals surface area contributed by atoms with E-state index in [2.05, 4.69) is 16.4 Å². The van der Waals surface area contributed by atoms with Crippen LogP contribution in [0, 0.1) is 13.8 Å². The van der Waals surface area contributed by atoms with Crippen LogP contribution in [0.5, 0.6) is 0 Å². The van der Waals surface area contributed by atoms with Crippen molar-refractivity contribution in [3.05, 3.63) is 45.2 Å². The highest BCUT2D eigenvalue weighted by atomic mass is 16.1. The van der Waals surface area contributed by atoms with Gasteiger partial charge in [0.25, 0.3) is 5.56 Å². The normalized spacial score (nSPS) is 11.1. The number of rotatable bonds is 4. The summed E-state index contributed by atoms with van der Waals surface area (Å²) in [5.41, 5.74) is 3.67. The third-order valence-corrected chi connectivity index (χ3v) is 3.46. The van der Waals surface area contributed by atoms with Crippen LogP contribution in [0.3, 0.4) is 0 Å². The molecule has 0 saturated heterocycles. The number of fused-ring (bicyclic) bond motifs is 1. The molecule has 0 aliphatic heterocycles. The van der Waals surface area contributed by atoms with Crippen molar-refractivity contribution in [3.8, 4) is 0 Å². The molecular weight excluding hydrogens is 264 g/mol. The molecule has 0 atom stereocenters. The Morgan fingerprint density at radius 2 is 1.95 bits per heavy atom. The Balaban J connectivity index is 2.27. The number of hydrogen-bond donors (Lipinski definition) is 2. The first-order valence-corrected chi connectivity index (χ1v) is 7.29. The molecule has 4 heteroatoms. The van der Waals surface area contributed by atoms with E-state index in [4.69, 9.17) is 0 Å². The molecule has 2 N–H and O–H groups in total. The van der Waals surface area contributed by atoms with Crippen LogP contribution in [0.15, 0.2) is 23.0 Å². The molecule has 0 bridgehead atoms. The second kappa shape index (κ2) is 6.12. The molecule has 21 heavy (non-hydrogen) atoms. The van der Waals surface area contributed by atoms with Crippen LogP contribution in [-0.2, 0) is 11.2 Å². The Bertz CT molecular complexity index is 729. The summed E-state index contributed by atoms with van der Waals surface area (Å²) in [7, 11) is 0. The Morgan fingerprint density at radius 3 is 2.62 bits per heavy atom. The number of aromatic amines is 1. The van der Waals surface area contributed by atoms with Gasteiger partial charge in [-0.05, 0) is 57.4 Å². The molecule has 0 aliphatic rings. The number of benzene rings is 1. The molecule has 2 rings (SSSR count). The van der Waals surface area contributed by atoms with Crippen molar-refractivity contribution < 1.29 is 4.79 Å². The third-order valence-electron chi connectivity index (χ3n) is 3.46. The van der Waals surface area contributed by atoms with Gasteiger partial charge in [0, 0.05) is 28.9 Å². The quantitative estimate of drug-likeness (QED) is 0.907. The van der Waals surface area contributed by atoms with Gasteiger partial charge in [-0.1, -0.05) is 6.07 Å². The number of aromatic nitrogens is 1. The van der Waals surface area contributed by atoms with Crippen molar-refractivity contribution in [1.29, 1.82) is 0 Å². The average molecular weight is 286 g/mol. The van der Waals surface area contributed by atoms with Gasteiger partial charge in [0.15, 0.2) is 0 Å². The second-order valence-electron chi connectivity index (χ2n) is 5.89. The molecule has 0 fully saturated rings. The first-order chi connectivity index (χ1) is 9.86. The monoisotopic (exact) mass is 286 g/mol. The van der Waals surface area contributed by atoms with Gasteiger partial charge in [0.2, 0.25) is 5.91 Å². The second-order valence-corrected chi connectivity index (χ2v) is 5.89. The standard InChI is InChI=1S/C17H22N2O2/c1-10(2)18-16(20)6-5-13-9-14-12(4)7-11(3)8-15(14)19-17(13)21/h7-10H,5-6H2,1-4H3,(H,18,20)(H,19,21). The average Bonchev–Trinajstić information content (AvgIpc) is 2.35. The zero-order valence-electron chi connectivity index (χ0n) is 13.0. The van der Waals surface area contributed by atoms with Crippen LogP contribution in [0.4, 0.5) is 0 Å². The van der Waals surface area contributed by atoms with Crippen LogP contribution in [0.1, 0.15) is 37.0 Å². The van der Waals surface area contributed by atoms with Crippen molar-refractivity contribution in [2.45, 2.75) is 46.6 Å². The molecule has 1 aromatic heterocycles. The van der Waals surface area contributed by atoms with E-state index in [-0.39, 0.29) is 17.5 Å². The molecular formula is C17H22N2O2. The van der Waals surface area contributed by atoms with E-state index in [1.54, 1.807) is 0 Å². The number of H-pyrrole nitrogens is 1. The lowest BCUT2D eigenvalue weighted by Crippen LogP contribution is -2.30. The predicted octanol–water partition coefficient (Wildman–Crippen LogP) is 2.60. The van der Waals surface area contributed by atoms with Gasteiger partial charge in [-0.3, -0.25) is 9.59 Å². The summed E-state index contributed by atoms with van der Waals surface area (Å²) in [5.74, 6) is -0.0230. The Kier molecular flexibility index (Phi) is 4.46. The fourth-order valence-electron chi connectivity index (χ4n) is 2.54. The van der Waals surface area contributed by atoms with Crippen molar-refractivity contribution in [1.82, 2.24) is 10.3 Å². The Labute approximate surface area is 124 Å². The van der Waals surface area contributed by atoms with Gasteiger partial charge in [0.05, 0.1) is 0 Å². The molecule has 4 nitrogen and oxygen atoms in total. The minimum atomic E-state index is -0.107. The van der Waals surface area contributed by atoms with Crippen molar-refractivity contribution in [2.75, 3.05) is 0 Å². The van der Waals surface area contributed by atoms with Gasteiger partial charge in [0.1, 0.15) is 0 Å². The molecule has 1 heterocycles. The van der Waals surface area contributed by atoms with E-state index in [1.165, 1.54) is 0 Å². The Hall–Kier alpha value is -2.10. The van der Waals surface area contributed by atoms with Gasteiger partial charge in [-0.15, -0.1) is 0 Å². The lowest BCUT2D eigenvalue weighted by molar-refractivity contribution is -0.121. The van der Waals surface area contributed by atoms with E-state index in [0.717, 1.165) is 22.0 Å². The summed E-state index contributed by atoms with van der Waals surface area (Å²) in [6.07, 6.45) is 0.787. The highest BCUT2D eigenvalue weighted by Gasteiger charge is 2.09. The van der Waals surface area contributed by atoms with E-state index in [0.29, 0.717) is 18.4 Å². The fraction of sp³-hybridized carbons (Fsp3) is 0.412. The molecule has 112 valence electrons. The Morgan fingerprint density at radius 1 is 1.24 bits per heavy atom. The van der Waals surface area contributed by atoms with Gasteiger partial charge < -0.3 is 10.3 Å². The molecule has 0 aliphatic carbocycles. The minimum absolute atomic E-state index is 0.0230. The van der Waals surface area contributed by atoms with E-state index < -0.39 is 0 Å². The minimum Gasteiger partial charge on any atom is -0.354 e. The third kappa shape index (κ3) is 3.72. The molecule has 1 aromatic carbocycles. The largest absolute Gasteiger partial charge is 0.354 e. The molecule has 0 unspecified atom stereocenters. The zero-order valence-corrected chi connectivity index (χ0v) is 13.0. The van der Waals surface area contributed by atoms with Crippen molar-refractivity contribution >= 4 is 16.8 Å². The van der Waals surface area contributed by atoms with Gasteiger partial charge in [-0.25, -0.2) is 0 Å². The fourth-order valence-corrected chi connectivity index (χ4v) is 2.54. The molecule has 2 aromatic rings. The zero-order chi connectivity index (χ0) is 15.6. The number of carbonyl (C=O) groups excluding carboxylic acids is 1. The summed E-state index contributed by atoms with van der Waals surface area (Å²) in [6, 6.07) is 6.10. The van der Waals surface area contributed by atoms with Crippen LogP contribution in [-0.4, -0.2) is 16.9 Å². The first-order valence-electron chi connectivity index (χ1n) is 7.29. The maximum Gasteiger partial charge on any atom is 0.251 e.